The normalized spacial score (nSPS) is 9.72. The number of hydrogen-bond acceptors (Lipinski definition) is 5. The van der Waals surface area contributed by atoms with Gasteiger partial charge < -0.3 is 26.0 Å². The summed E-state index contributed by atoms with van der Waals surface area (Å²) in [6, 6.07) is 3.27. The van der Waals surface area contributed by atoms with Crippen LogP contribution in [0.25, 0.3) is 0 Å². The Morgan fingerprint density at radius 2 is 2.17 bits per heavy atom. The second kappa shape index (κ2) is 6.53. The van der Waals surface area contributed by atoms with E-state index in [1.807, 2.05) is 0 Å². The zero-order chi connectivity index (χ0) is 13.5. The molecule has 0 unspecified atom stereocenters. The highest BCUT2D eigenvalue weighted by Gasteiger charge is 2.04. The molecule has 1 heterocycles. The largest absolute Gasteiger partial charge is 0.481 e. The first kappa shape index (κ1) is 13.9. The second-order valence-corrected chi connectivity index (χ2v) is 3.84. The molecule has 1 aromatic heterocycles. The fourth-order valence-electron chi connectivity index (χ4n) is 1.22. The molecule has 0 aromatic carbocycles. The summed E-state index contributed by atoms with van der Waals surface area (Å²) < 4.78 is 5.00. The standard InChI is InChI=1S/C11H19N5O2/c1-16(2)11(17)14-7-6-13-10-8(12)4-5-9(15-10)18-3/h4-5H,6-7,12H2,1-3H3,(H,13,15)(H,14,17). The number of nitrogens with one attached hydrogen (secondary N) is 2. The molecule has 0 aliphatic heterocycles. The van der Waals surface area contributed by atoms with Gasteiger partial charge in [-0.1, -0.05) is 0 Å². The van der Waals surface area contributed by atoms with Gasteiger partial charge in [-0.2, -0.15) is 4.98 Å². The van der Waals surface area contributed by atoms with Crippen molar-refractivity contribution in [1.29, 1.82) is 0 Å². The molecule has 0 aliphatic rings. The number of carbonyl (C=O) groups excluding carboxylic acids is 1. The minimum Gasteiger partial charge on any atom is -0.481 e. The van der Waals surface area contributed by atoms with Crippen molar-refractivity contribution in [3.63, 3.8) is 0 Å². The van der Waals surface area contributed by atoms with Gasteiger partial charge in [0.25, 0.3) is 0 Å². The van der Waals surface area contributed by atoms with Gasteiger partial charge in [0, 0.05) is 33.3 Å². The zero-order valence-electron chi connectivity index (χ0n) is 10.9. The minimum atomic E-state index is -0.136. The number of nitrogens with two attached hydrogens (primary N) is 1. The molecule has 7 nitrogen and oxygen atoms in total. The maximum absolute atomic E-state index is 11.2. The van der Waals surface area contributed by atoms with E-state index in [1.165, 1.54) is 4.90 Å². The monoisotopic (exact) mass is 253 g/mol. The summed E-state index contributed by atoms with van der Waals surface area (Å²) in [7, 11) is 4.91. The van der Waals surface area contributed by atoms with Crippen LogP contribution in [0.2, 0.25) is 0 Å². The van der Waals surface area contributed by atoms with Crippen molar-refractivity contribution < 1.29 is 9.53 Å². The van der Waals surface area contributed by atoms with E-state index in [4.69, 9.17) is 10.5 Å². The Bertz CT molecular complexity index is 408. The topological polar surface area (TPSA) is 92.5 Å². The Morgan fingerprint density at radius 3 is 2.78 bits per heavy atom. The third-order valence-electron chi connectivity index (χ3n) is 2.21. The van der Waals surface area contributed by atoms with Crippen LogP contribution in [-0.2, 0) is 0 Å². The lowest BCUT2D eigenvalue weighted by atomic mass is 10.4. The van der Waals surface area contributed by atoms with Crippen molar-refractivity contribution in [2.24, 2.45) is 0 Å². The fraction of sp³-hybridized carbons (Fsp3) is 0.455. The highest BCUT2D eigenvalue weighted by Crippen LogP contribution is 2.18. The molecule has 0 fully saturated rings. The van der Waals surface area contributed by atoms with Gasteiger partial charge in [0.05, 0.1) is 12.8 Å². The molecule has 0 radical (unpaired) electrons. The van der Waals surface area contributed by atoms with Gasteiger partial charge in [0.1, 0.15) is 0 Å². The molecular formula is C11H19N5O2. The number of nitrogen functional groups attached to an aromatic ring is 1. The number of nitrogens with zero attached hydrogens (tertiary/aromatic N) is 2. The average molecular weight is 253 g/mol. The molecule has 0 aliphatic carbocycles. The molecule has 0 saturated heterocycles. The van der Waals surface area contributed by atoms with Crippen molar-refractivity contribution in [3.8, 4) is 5.88 Å². The molecule has 0 bridgehead atoms. The molecule has 0 saturated carbocycles. The van der Waals surface area contributed by atoms with Gasteiger partial charge >= 0.3 is 6.03 Å². The molecule has 1 aromatic rings. The minimum absolute atomic E-state index is 0.136. The Kier molecular flexibility index (Phi) is 5.04. The van der Waals surface area contributed by atoms with E-state index in [9.17, 15) is 4.79 Å². The van der Waals surface area contributed by atoms with Gasteiger partial charge in [-0.15, -0.1) is 0 Å². The second-order valence-electron chi connectivity index (χ2n) is 3.84. The van der Waals surface area contributed by atoms with Crippen LogP contribution in [0.1, 0.15) is 0 Å². The lowest BCUT2D eigenvalue weighted by Gasteiger charge is -2.13. The van der Waals surface area contributed by atoms with Crippen LogP contribution < -0.4 is 21.1 Å². The van der Waals surface area contributed by atoms with Gasteiger partial charge in [0.2, 0.25) is 5.88 Å². The first-order valence-corrected chi connectivity index (χ1v) is 5.54. The summed E-state index contributed by atoms with van der Waals surface area (Å²) in [5, 5.41) is 5.76. The Labute approximate surface area is 106 Å². The quantitative estimate of drug-likeness (QED) is 0.659. The summed E-state index contributed by atoms with van der Waals surface area (Å²) in [5.41, 5.74) is 6.30. The highest BCUT2D eigenvalue weighted by molar-refractivity contribution is 5.73. The van der Waals surface area contributed by atoms with Crippen LogP contribution in [0.5, 0.6) is 5.88 Å². The molecule has 0 atom stereocenters. The van der Waals surface area contributed by atoms with Crippen molar-refractivity contribution >= 4 is 17.5 Å². The van der Waals surface area contributed by atoms with Crippen molar-refractivity contribution in [1.82, 2.24) is 15.2 Å². The third-order valence-corrected chi connectivity index (χ3v) is 2.21. The molecule has 4 N–H and O–H groups in total. The molecule has 2 amide bonds. The molecule has 100 valence electrons. The maximum atomic E-state index is 11.2. The van der Waals surface area contributed by atoms with Crippen molar-refractivity contribution in [2.75, 3.05) is 45.3 Å². The smallest absolute Gasteiger partial charge is 0.316 e. The van der Waals surface area contributed by atoms with E-state index in [0.29, 0.717) is 30.5 Å². The van der Waals surface area contributed by atoms with Crippen LogP contribution in [0.3, 0.4) is 0 Å². The maximum Gasteiger partial charge on any atom is 0.316 e. The number of anilines is 2. The fourth-order valence-corrected chi connectivity index (χ4v) is 1.22. The van der Waals surface area contributed by atoms with Crippen LogP contribution in [0.4, 0.5) is 16.3 Å². The first-order valence-electron chi connectivity index (χ1n) is 5.54. The number of amides is 2. The lowest BCUT2D eigenvalue weighted by molar-refractivity contribution is 0.218. The van der Waals surface area contributed by atoms with E-state index in [-0.39, 0.29) is 6.03 Å². The van der Waals surface area contributed by atoms with Crippen LogP contribution in [0.15, 0.2) is 12.1 Å². The Morgan fingerprint density at radius 1 is 1.44 bits per heavy atom. The van der Waals surface area contributed by atoms with E-state index < -0.39 is 0 Å². The summed E-state index contributed by atoms with van der Waals surface area (Å²) in [5.74, 6) is 1.04. The van der Waals surface area contributed by atoms with Crippen LogP contribution in [-0.4, -0.2) is 50.2 Å². The van der Waals surface area contributed by atoms with E-state index in [2.05, 4.69) is 15.6 Å². The molecule has 1 rings (SSSR count). The summed E-state index contributed by atoms with van der Waals surface area (Å²) in [6.07, 6.45) is 0. The van der Waals surface area contributed by atoms with Gasteiger partial charge in [-0.05, 0) is 6.07 Å². The zero-order valence-corrected chi connectivity index (χ0v) is 10.9. The predicted molar refractivity (Wildman–Crippen MR) is 70.8 cm³/mol. The number of urea groups is 1. The summed E-state index contributed by atoms with van der Waals surface area (Å²) >= 11 is 0. The third kappa shape index (κ3) is 4.00. The van der Waals surface area contributed by atoms with Gasteiger partial charge in [-0.3, -0.25) is 0 Å². The lowest BCUT2D eigenvalue weighted by Crippen LogP contribution is -2.37. The van der Waals surface area contributed by atoms with Gasteiger partial charge in [0.15, 0.2) is 5.82 Å². The van der Waals surface area contributed by atoms with E-state index >= 15 is 0 Å². The van der Waals surface area contributed by atoms with E-state index in [1.54, 1.807) is 33.3 Å². The Balaban J connectivity index is 2.41. The molecule has 18 heavy (non-hydrogen) atoms. The van der Waals surface area contributed by atoms with Gasteiger partial charge in [-0.25, -0.2) is 4.79 Å². The molecule has 0 spiro atoms. The van der Waals surface area contributed by atoms with Crippen molar-refractivity contribution in [3.05, 3.63) is 12.1 Å². The highest BCUT2D eigenvalue weighted by atomic mass is 16.5. The summed E-state index contributed by atoms with van der Waals surface area (Å²) in [6.45, 7) is 1.01. The predicted octanol–water partition coefficient (Wildman–Crippen LogP) is 0.355. The number of rotatable bonds is 5. The molecule has 7 heteroatoms. The SMILES string of the molecule is COc1ccc(N)c(NCCNC(=O)N(C)C)n1. The number of aromatic nitrogens is 1. The van der Waals surface area contributed by atoms with E-state index in [0.717, 1.165) is 0 Å². The van der Waals surface area contributed by atoms with Crippen LogP contribution >= 0.6 is 0 Å². The number of carbonyl (C=O) groups is 1. The van der Waals surface area contributed by atoms with Crippen LogP contribution in [0, 0.1) is 0 Å². The number of ether oxygens (including phenoxy) is 1. The summed E-state index contributed by atoms with van der Waals surface area (Å²) in [4.78, 5) is 16.9. The number of pyridine rings is 1. The Hall–Kier alpha value is -2.18. The average Bonchev–Trinajstić information content (AvgIpc) is 2.36. The van der Waals surface area contributed by atoms with Crippen molar-refractivity contribution in [2.45, 2.75) is 0 Å². The number of hydrogen-bond donors (Lipinski definition) is 3. The number of methoxy groups -OCH3 is 1. The molecular weight excluding hydrogens is 234 g/mol. The first-order chi connectivity index (χ1) is 8.54.